The fourth-order valence-electron chi connectivity index (χ4n) is 2.75. The summed E-state index contributed by atoms with van der Waals surface area (Å²) in [6.45, 7) is 5.55. The number of rotatable bonds is 5. The molecular formula is C15H19Cl2N3O. The first-order chi connectivity index (χ1) is 10.3. The minimum atomic E-state index is 0.568. The van der Waals surface area contributed by atoms with Crippen LogP contribution in [0.5, 0.6) is 0 Å². The Labute approximate surface area is 134 Å². The molecule has 0 unspecified atom stereocenters. The third-order valence-corrected chi connectivity index (χ3v) is 4.36. The van der Waals surface area contributed by atoms with Crippen LogP contribution < -0.4 is 0 Å². The van der Waals surface area contributed by atoms with Gasteiger partial charge in [-0.3, -0.25) is 4.90 Å². The predicted molar refractivity (Wildman–Crippen MR) is 86.4 cm³/mol. The van der Waals surface area contributed by atoms with Crippen molar-refractivity contribution in [3.05, 3.63) is 29.0 Å². The molecule has 4 nitrogen and oxygen atoms in total. The first-order valence-corrected chi connectivity index (χ1v) is 8.20. The van der Waals surface area contributed by atoms with Crippen molar-refractivity contribution in [1.29, 1.82) is 0 Å². The molecule has 0 atom stereocenters. The van der Waals surface area contributed by atoms with Crippen molar-refractivity contribution in [2.45, 2.75) is 13.0 Å². The monoisotopic (exact) mass is 327 g/mol. The van der Waals surface area contributed by atoms with Gasteiger partial charge in [-0.2, -0.15) is 0 Å². The summed E-state index contributed by atoms with van der Waals surface area (Å²) in [5, 5.41) is 0.702. The van der Waals surface area contributed by atoms with Crippen molar-refractivity contribution in [1.82, 2.24) is 14.5 Å². The zero-order chi connectivity index (χ0) is 14.7. The molecule has 1 aliphatic rings. The van der Waals surface area contributed by atoms with Crippen LogP contribution in [0.15, 0.2) is 18.2 Å². The molecule has 0 N–H and O–H groups in total. The Balaban J connectivity index is 1.84. The highest BCUT2D eigenvalue weighted by atomic mass is 35.5. The van der Waals surface area contributed by atoms with Crippen LogP contribution in [0.1, 0.15) is 5.82 Å². The minimum absolute atomic E-state index is 0.568. The molecule has 6 heteroatoms. The Morgan fingerprint density at radius 3 is 2.76 bits per heavy atom. The van der Waals surface area contributed by atoms with E-state index in [4.69, 9.17) is 27.9 Å². The number of ether oxygens (including phenoxy) is 1. The Kier molecular flexibility index (Phi) is 5.01. The molecule has 3 rings (SSSR count). The molecule has 0 radical (unpaired) electrons. The van der Waals surface area contributed by atoms with E-state index < -0.39 is 0 Å². The molecule has 1 saturated heterocycles. The number of halogens is 2. The summed E-state index contributed by atoms with van der Waals surface area (Å²) in [6.07, 6.45) is 0.760. The largest absolute Gasteiger partial charge is 0.379 e. The maximum Gasteiger partial charge on any atom is 0.111 e. The average Bonchev–Trinajstić information content (AvgIpc) is 2.86. The van der Waals surface area contributed by atoms with Crippen molar-refractivity contribution in [2.24, 2.45) is 0 Å². The lowest BCUT2D eigenvalue weighted by atomic mass is 10.3. The van der Waals surface area contributed by atoms with Crippen LogP contribution >= 0.6 is 23.2 Å². The molecule has 1 aromatic heterocycles. The number of imidazole rings is 1. The zero-order valence-electron chi connectivity index (χ0n) is 11.9. The van der Waals surface area contributed by atoms with E-state index in [1.165, 1.54) is 0 Å². The second-order valence-corrected chi connectivity index (χ2v) is 5.97. The summed E-state index contributed by atoms with van der Waals surface area (Å²) < 4.78 is 7.64. The van der Waals surface area contributed by atoms with Gasteiger partial charge in [0.05, 0.1) is 23.8 Å². The highest BCUT2D eigenvalue weighted by molar-refractivity contribution is 6.34. The number of para-hydroxylation sites is 1. The standard InChI is InChI=1S/C15H19Cl2N3O/c16-5-4-14-18-15-12(17)2-1-3-13(15)20(14)7-6-19-8-10-21-11-9-19/h1-3H,4-11H2. The topological polar surface area (TPSA) is 30.3 Å². The molecule has 0 saturated carbocycles. The number of morpholine rings is 1. The van der Waals surface area contributed by atoms with Crippen molar-refractivity contribution in [2.75, 3.05) is 38.7 Å². The minimum Gasteiger partial charge on any atom is -0.379 e. The van der Waals surface area contributed by atoms with E-state index in [1.54, 1.807) is 0 Å². The van der Waals surface area contributed by atoms with Gasteiger partial charge in [0.15, 0.2) is 0 Å². The maximum absolute atomic E-state index is 6.26. The quantitative estimate of drug-likeness (QED) is 0.791. The molecule has 21 heavy (non-hydrogen) atoms. The Morgan fingerprint density at radius 1 is 1.19 bits per heavy atom. The number of hydrogen-bond donors (Lipinski definition) is 0. The molecule has 1 aromatic carbocycles. The van der Waals surface area contributed by atoms with Gasteiger partial charge < -0.3 is 9.30 Å². The van der Waals surface area contributed by atoms with E-state index in [-0.39, 0.29) is 0 Å². The number of aryl methyl sites for hydroxylation is 1. The van der Waals surface area contributed by atoms with Gasteiger partial charge in [-0.05, 0) is 12.1 Å². The van der Waals surface area contributed by atoms with Gasteiger partial charge >= 0.3 is 0 Å². The fraction of sp³-hybridized carbons (Fsp3) is 0.533. The van der Waals surface area contributed by atoms with Gasteiger partial charge in [0, 0.05) is 38.5 Å². The van der Waals surface area contributed by atoms with E-state index in [9.17, 15) is 0 Å². The van der Waals surface area contributed by atoms with Gasteiger partial charge in [-0.1, -0.05) is 17.7 Å². The van der Waals surface area contributed by atoms with Crippen LogP contribution in [0.3, 0.4) is 0 Å². The molecule has 0 aliphatic carbocycles. The van der Waals surface area contributed by atoms with Crippen LogP contribution in [0.2, 0.25) is 5.02 Å². The van der Waals surface area contributed by atoms with Crippen molar-refractivity contribution >= 4 is 34.2 Å². The van der Waals surface area contributed by atoms with Gasteiger partial charge in [0.25, 0.3) is 0 Å². The number of benzene rings is 1. The molecule has 0 spiro atoms. The molecule has 0 amide bonds. The number of fused-ring (bicyclic) bond motifs is 1. The highest BCUT2D eigenvalue weighted by Crippen LogP contribution is 2.24. The molecule has 1 fully saturated rings. The maximum atomic E-state index is 6.26. The Hall–Kier alpha value is -0.810. The van der Waals surface area contributed by atoms with E-state index >= 15 is 0 Å². The SMILES string of the molecule is ClCCc1nc2c(Cl)cccc2n1CCN1CCOCC1. The number of nitrogens with zero attached hydrogens (tertiary/aromatic N) is 3. The molecule has 0 bridgehead atoms. The highest BCUT2D eigenvalue weighted by Gasteiger charge is 2.15. The van der Waals surface area contributed by atoms with E-state index in [0.717, 1.165) is 62.7 Å². The van der Waals surface area contributed by atoms with Crippen LogP contribution in [0.25, 0.3) is 11.0 Å². The number of alkyl halides is 1. The number of hydrogen-bond acceptors (Lipinski definition) is 3. The number of aromatic nitrogens is 2. The summed E-state index contributed by atoms with van der Waals surface area (Å²) in [5.41, 5.74) is 1.97. The summed E-state index contributed by atoms with van der Waals surface area (Å²) in [4.78, 5) is 7.09. The van der Waals surface area contributed by atoms with Crippen molar-refractivity contribution in [3.8, 4) is 0 Å². The predicted octanol–water partition coefficient (Wildman–Crippen LogP) is 2.80. The van der Waals surface area contributed by atoms with Crippen LogP contribution in [0.4, 0.5) is 0 Å². The molecule has 2 heterocycles. The molecular weight excluding hydrogens is 309 g/mol. The van der Waals surface area contributed by atoms with Crippen molar-refractivity contribution in [3.63, 3.8) is 0 Å². The Morgan fingerprint density at radius 2 is 2.00 bits per heavy atom. The summed E-state index contributed by atoms with van der Waals surface area (Å²) >= 11 is 12.2. The van der Waals surface area contributed by atoms with Gasteiger partial charge in [0.1, 0.15) is 11.3 Å². The van der Waals surface area contributed by atoms with E-state index in [2.05, 4.69) is 20.5 Å². The van der Waals surface area contributed by atoms with Crippen molar-refractivity contribution < 1.29 is 4.74 Å². The summed E-state index contributed by atoms with van der Waals surface area (Å²) in [6, 6.07) is 5.93. The van der Waals surface area contributed by atoms with Gasteiger partial charge in [0.2, 0.25) is 0 Å². The zero-order valence-corrected chi connectivity index (χ0v) is 13.4. The molecule has 1 aliphatic heterocycles. The lowest BCUT2D eigenvalue weighted by Crippen LogP contribution is -2.38. The summed E-state index contributed by atoms with van der Waals surface area (Å²) in [5.74, 6) is 1.58. The van der Waals surface area contributed by atoms with Crippen LogP contribution in [0, 0.1) is 0 Å². The molecule has 2 aromatic rings. The second-order valence-electron chi connectivity index (χ2n) is 5.18. The fourth-order valence-corrected chi connectivity index (χ4v) is 3.13. The van der Waals surface area contributed by atoms with Gasteiger partial charge in [-0.15, -0.1) is 11.6 Å². The van der Waals surface area contributed by atoms with E-state index in [1.807, 2.05) is 12.1 Å². The average molecular weight is 328 g/mol. The first kappa shape index (κ1) is 15.1. The first-order valence-electron chi connectivity index (χ1n) is 7.29. The van der Waals surface area contributed by atoms with Crippen LogP contribution in [-0.4, -0.2) is 53.2 Å². The summed E-state index contributed by atoms with van der Waals surface area (Å²) in [7, 11) is 0. The normalized spacial score (nSPS) is 16.7. The van der Waals surface area contributed by atoms with E-state index in [0.29, 0.717) is 10.9 Å². The lowest BCUT2D eigenvalue weighted by Gasteiger charge is -2.27. The molecule has 114 valence electrons. The lowest BCUT2D eigenvalue weighted by molar-refractivity contribution is 0.0364. The van der Waals surface area contributed by atoms with Gasteiger partial charge in [-0.25, -0.2) is 4.98 Å². The second kappa shape index (κ2) is 6.97. The van der Waals surface area contributed by atoms with Crippen LogP contribution in [-0.2, 0) is 17.7 Å². The Bertz CT molecular complexity index is 608. The third-order valence-electron chi connectivity index (χ3n) is 3.87. The smallest absolute Gasteiger partial charge is 0.111 e. The third kappa shape index (κ3) is 3.34.